The molecular weight excluding hydrogens is 348 g/mol. The number of rotatable bonds is 8. The van der Waals surface area contributed by atoms with Crippen molar-refractivity contribution >= 4 is 21.9 Å². The maximum Gasteiger partial charge on any atom is 0.341 e. The van der Waals surface area contributed by atoms with Crippen LogP contribution in [-0.4, -0.2) is 61.7 Å². The predicted octanol–water partition coefficient (Wildman–Crippen LogP) is 0.233. The van der Waals surface area contributed by atoms with Crippen molar-refractivity contribution in [3.05, 3.63) is 29.8 Å². The van der Waals surface area contributed by atoms with Gasteiger partial charge in [0, 0.05) is 13.1 Å². The summed E-state index contributed by atoms with van der Waals surface area (Å²) >= 11 is 0. The summed E-state index contributed by atoms with van der Waals surface area (Å²) in [5.74, 6) is -0.851. The van der Waals surface area contributed by atoms with E-state index in [2.05, 4.69) is 5.32 Å². The molecular formula is C16H22N2O6S. The van der Waals surface area contributed by atoms with Gasteiger partial charge in [-0.3, -0.25) is 4.79 Å². The molecule has 1 fully saturated rings. The van der Waals surface area contributed by atoms with Crippen LogP contribution >= 0.6 is 0 Å². The highest BCUT2D eigenvalue weighted by molar-refractivity contribution is 7.88. The summed E-state index contributed by atoms with van der Waals surface area (Å²) in [4.78, 5) is 22.6. The van der Waals surface area contributed by atoms with E-state index >= 15 is 0 Å². The first-order valence-corrected chi connectivity index (χ1v) is 9.80. The first kappa shape index (κ1) is 19.2. The quantitative estimate of drug-likeness (QED) is 0.677. The number of aliphatic carboxylic acids is 1. The molecule has 9 heteroatoms. The van der Waals surface area contributed by atoms with E-state index < -0.39 is 28.6 Å². The van der Waals surface area contributed by atoms with E-state index in [0.717, 1.165) is 11.8 Å². The van der Waals surface area contributed by atoms with Crippen molar-refractivity contribution in [3.8, 4) is 5.75 Å². The summed E-state index contributed by atoms with van der Waals surface area (Å²) in [6.45, 7) is 0.380. The van der Waals surface area contributed by atoms with Gasteiger partial charge in [-0.25, -0.2) is 13.2 Å². The lowest BCUT2D eigenvalue weighted by molar-refractivity contribution is -0.139. The molecule has 1 aliphatic heterocycles. The van der Waals surface area contributed by atoms with Crippen LogP contribution in [0.5, 0.6) is 5.75 Å². The van der Waals surface area contributed by atoms with Crippen LogP contribution in [0.25, 0.3) is 0 Å². The molecule has 138 valence electrons. The van der Waals surface area contributed by atoms with Gasteiger partial charge in [-0.2, -0.15) is 4.31 Å². The zero-order chi connectivity index (χ0) is 18.4. The van der Waals surface area contributed by atoms with Crippen LogP contribution in [0, 0.1) is 0 Å². The highest BCUT2D eigenvalue weighted by atomic mass is 32.2. The normalized spacial score (nSPS) is 18.0. The van der Waals surface area contributed by atoms with Crippen LogP contribution in [0.2, 0.25) is 0 Å². The number of carbonyl (C=O) groups is 2. The Morgan fingerprint density at radius 3 is 2.60 bits per heavy atom. The molecule has 1 aromatic carbocycles. The summed E-state index contributed by atoms with van der Waals surface area (Å²) in [5.41, 5.74) is 0.953. The summed E-state index contributed by atoms with van der Waals surface area (Å²) in [6.07, 6.45) is 2.92. The maximum atomic E-state index is 12.2. The number of ether oxygens (including phenoxy) is 1. The Labute approximate surface area is 146 Å². The molecule has 25 heavy (non-hydrogen) atoms. The van der Waals surface area contributed by atoms with E-state index in [1.165, 1.54) is 4.31 Å². The molecule has 1 atom stereocenters. The van der Waals surface area contributed by atoms with Gasteiger partial charge in [0.05, 0.1) is 6.26 Å². The zero-order valence-electron chi connectivity index (χ0n) is 14.0. The van der Waals surface area contributed by atoms with E-state index in [4.69, 9.17) is 9.84 Å². The Bertz CT molecular complexity index is 717. The van der Waals surface area contributed by atoms with E-state index in [-0.39, 0.29) is 5.91 Å². The van der Waals surface area contributed by atoms with Gasteiger partial charge in [-0.15, -0.1) is 0 Å². The van der Waals surface area contributed by atoms with E-state index in [1.807, 2.05) is 0 Å². The number of hydrogen-bond donors (Lipinski definition) is 2. The van der Waals surface area contributed by atoms with Crippen molar-refractivity contribution in [2.75, 3.05) is 26.0 Å². The van der Waals surface area contributed by atoms with E-state index in [9.17, 15) is 18.0 Å². The standard InChI is InChI=1S/C16H22N2O6S/c1-25(22,23)18-10-2-3-14(18)16(21)17-9-8-12-4-6-13(7-5-12)24-11-15(19)20/h4-7,14H,2-3,8-11H2,1H3,(H,17,21)(H,19,20). The molecule has 0 spiro atoms. The molecule has 0 radical (unpaired) electrons. The van der Waals surface area contributed by atoms with Crippen LogP contribution in [-0.2, 0) is 26.0 Å². The molecule has 1 unspecified atom stereocenters. The van der Waals surface area contributed by atoms with Crippen molar-refractivity contribution in [1.82, 2.24) is 9.62 Å². The molecule has 0 saturated carbocycles. The van der Waals surface area contributed by atoms with E-state index in [1.54, 1.807) is 24.3 Å². The van der Waals surface area contributed by atoms with Gasteiger partial charge in [0.2, 0.25) is 15.9 Å². The minimum atomic E-state index is -3.37. The van der Waals surface area contributed by atoms with Crippen LogP contribution in [0.15, 0.2) is 24.3 Å². The molecule has 1 aromatic rings. The van der Waals surface area contributed by atoms with Gasteiger partial charge in [0.1, 0.15) is 11.8 Å². The zero-order valence-corrected chi connectivity index (χ0v) is 14.8. The Morgan fingerprint density at radius 1 is 1.32 bits per heavy atom. The number of benzene rings is 1. The minimum absolute atomic E-state index is 0.274. The number of amides is 1. The molecule has 1 amide bonds. The first-order valence-electron chi connectivity index (χ1n) is 7.95. The smallest absolute Gasteiger partial charge is 0.341 e. The maximum absolute atomic E-state index is 12.2. The van der Waals surface area contributed by atoms with Crippen molar-refractivity contribution in [2.45, 2.75) is 25.3 Å². The van der Waals surface area contributed by atoms with Crippen molar-refractivity contribution in [3.63, 3.8) is 0 Å². The summed E-state index contributed by atoms with van der Waals surface area (Å²) in [5, 5.41) is 11.3. The number of carboxylic acids is 1. The van der Waals surface area contributed by atoms with E-state index in [0.29, 0.717) is 38.1 Å². The highest BCUT2D eigenvalue weighted by Crippen LogP contribution is 2.20. The third kappa shape index (κ3) is 5.71. The molecule has 1 saturated heterocycles. The predicted molar refractivity (Wildman–Crippen MR) is 90.9 cm³/mol. The Hall–Kier alpha value is -2.13. The van der Waals surface area contributed by atoms with Crippen LogP contribution in [0.4, 0.5) is 0 Å². The number of hydrogen-bond acceptors (Lipinski definition) is 5. The topological polar surface area (TPSA) is 113 Å². The lowest BCUT2D eigenvalue weighted by Gasteiger charge is -2.21. The molecule has 1 heterocycles. The summed E-state index contributed by atoms with van der Waals surface area (Å²) in [6, 6.07) is 6.30. The second kappa shape index (κ2) is 8.30. The van der Waals surface area contributed by atoms with Crippen molar-refractivity contribution in [1.29, 1.82) is 0 Å². The molecule has 0 aliphatic carbocycles. The van der Waals surface area contributed by atoms with Gasteiger partial charge in [0.25, 0.3) is 0 Å². The Balaban J connectivity index is 1.80. The second-order valence-corrected chi connectivity index (χ2v) is 7.83. The second-order valence-electron chi connectivity index (χ2n) is 5.90. The number of sulfonamides is 1. The molecule has 0 bridgehead atoms. The highest BCUT2D eigenvalue weighted by Gasteiger charge is 2.36. The van der Waals surface area contributed by atoms with Gasteiger partial charge in [-0.05, 0) is 37.0 Å². The number of carbonyl (C=O) groups excluding carboxylic acids is 1. The van der Waals surface area contributed by atoms with Crippen LogP contribution in [0.1, 0.15) is 18.4 Å². The largest absolute Gasteiger partial charge is 0.482 e. The van der Waals surface area contributed by atoms with Crippen molar-refractivity contribution < 1.29 is 27.9 Å². The Kier molecular flexibility index (Phi) is 6.38. The molecule has 8 nitrogen and oxygen atoms in total. The third-order valence-electron chi connectivity index (χ3n) is 3.93. The minimum Gasteiger partial charge on any atom is -0.482 e. The fourth-order valence-corrected chi connectivity index (χ4v) is 3.87. The lowest BCUT2D eigenvalue weighted by atomic mass is 10.1. The Morgan fingerprint density at radius 2 is 2.00 bits per heavy atom. The monoisotopic (exact) mass is 370 g/mol. The van der Waals surface area contributed by atoms with Gasteiger partial charge < -0.3 is 15.2 Å². The fraction of sp³-hybridized carbons (Fsp3) is 0.500. The van der Waals surface area contributed by atoms with Gasteiger partial charge in [-0.1, -0.05) is 12.1 Å². The molecule has 2 N–H and O–H groups in total. The third-order valence-corrected chi connectivity index (χ3v) is 5.22. The number of carboxylic acid groups (broad SMARTS) is 1. The van der Waals surface area contributed by atoms with Gasteiger partial charge >= 0.3 is 5.97 Å². The number of nitrogens with zero attached hydrogens (tertiary/aromatic N) is 1. The first-order chi connectivity index (χ1) is 11.8. The summed E-state index contributed by atoms with van der Waals surface area (Å²) < 4.78 is 29.6. The average molecular weight is 370 g/mol. The van der Waals surface area contributed by atoms with Crippen molar-refractivity contribution in [2.24, 2.45) is 0 Å². The number of nitrogens with one attached hydrogen (secondary N) is 1. The SMILES string of the molecule is CS(=O)(=O)N1CCCC1C(=O)NCCc1ccc(OCC(=O)O)cc1. The summed E-state index contributed by atoms with van der Waals surface area (Å²) in [7, 11) is -3.37. The molecule has 0 aromatic heterocycles. The molecule has 2 rings (SSSR count). The van der Waals surface area contributed by atoms with Gasteiger partial charge in [0.15, 0.2) is 6.61 Å². The molecule has 1 aliphatic rings. The lowest BCUT2D eigenvalue weighted by Crippen LogP contribution is -2.45. The van der Waals surface area contributed by atoms with Crippen LogP contribution < -0.4 is 10.1 Å². The van der Waals surface area contributed by atoms with Crippen LogP contribution in [0.3, 0.4) is 0 Å². The average Bonchev–Trinajstić information content (AvgIpc) is 3.04. The fourth-order valence-electron chi connectivity index (χ4n) is 2.74.